The zero-order valence-corrected chi connectivity index (χ0v) is 41.7. The lowest BCUT2D eigenvalue weighted by molar-refractivity contribution is 1.05. The molecule has 14 aromatic rings. The zero-order valence-electron chi connectivity index (χ0n) is 40.7. The maximum atomic E-state index is 5.52. The Hall–Kier alpha value is -9.82. The number of fused-ring (bicyclic) bond motifs is 6. The first-order valence-corrected chi connectivity index (χ1v) is 27.4. The van der Waals surface area contributed by atoms with E-state index in [0.29, 0.717) is 11.6 Å². The van der Waals surface area contributed by atoms with Gasteiger partial charge in [-0.3, -0.25) is 9.13 Å². The van der Waals surface area contributed by atoms with Gasteiger partial charge in [0.25, 0.3) is 0 Å². The van der Waals surface area contributed by atoms with Gasteiger partial charge in [0.1, 0.15) is 11.6 Å². The summed E-state index contributed by atoms with van der Waals surface area (Å²) in [5.41, 5.74) is 9.98. The van der Waals surface area contributed by atoms with E-state index in [9.17, 15) is 0 Å². The Bertz CT molecular complexity index is 4030. The van der Waals surface area contributed by atoms with E-state index in [1.807, 2.05) is 12.1 Å². The molecule has 0 aliphatic carbocycles. The Morgan fingerprint density at radius 1 is 0.240 bits per heavy atom. The summed E-state index contributed by atoms with van der Waals surface area (Å²) >= 11 is 0. The van der Waals surface area contributed by atoms with Gasteiger partial charge in [-0.1, -0.05) is 243 Å². The van der Waals surface area contributed by atoms with Gasteiger partial charge in [-0.15, -0.1) is 0 Å². The van der Waals surface area contributed by atoms with Crippen molar-refractivity contribution in [2.24, 2.45) is 0 Å². The molecule has 0 saturated heterocycles. The predicted octanol–water partition coefficient (Wildman–Crippen LogP) is 13.5. The van der Waals surface area contributed by atoms with E-state index in [0.717, 1.165) is 67.3 Å². The molecule has 4 aromatic heterocycles. The highest BCUT2D eigenvalue weighted by Crippen LogP contribution is 2.35. The molecule has 0 spiro atoms. The van der Waals surface area contributed by atoms with Gasteiger partial charge in [-0.05, 0) is 45.0 Å². The van der Waals surface area contributed by atoms with Crippen molar-refractivity contribution in [2.45, 2.75) is 0 Å². The summed E-state index contributed by atoms with van der Waals surface area (Å²) in [5, 5.41) is 9.63. The van der Waals surface area contributed by atoms with E-state index >= 15 is 0 Å². The van der Waals surface area contributed by atoms with Crippen LogP contribution in [-0.2, 0) is 0 Å². The van der Waals surface area contributed by atoms with Crippen molar-refractivity contribution in [2.75, 3.05) is 0 Å². The third-order valence-electron chi connectivity index (χ3n) is 14.7. The van der Waals surface area contributed by atoms with Crippen LogP contribution in [0.5, 0.6) is 0 Å². The second-order valence-electron chi connectivity index (χ2n) is 19.0. The molecule has 0 unspecified atom stereocenters. The van der Waals surface area contributed by atoms with Crippen molar-refractivity contribution in [1.29, 1.82) is 0 Å². The molecule has 4 heterocycles. The Balaban J connectivity index is 0.994. The number of benzene rings is 10. The SMILES string of the molecule is c1ccc(-c2cc(-n3c4ccccc4c4ccccc43)nc(-c3cccc([Si](c4ccccc4)(c4ccccc4)c4cccc(-c5nc(-c6ccccc6)cc(-n6c7ccccc7c7ccccc76)n5)c4)c3)n2)cc1. The number of para-hydroxylation sites is 4. The molecule has 0 saturated carbocycles. The van der Waals surface area contributed by atoms with Crippen molar-refractivity contribution >= 4 is 72.4 Å². The lowest BCUT2D eigenvalue weighted by Gasteiger charge is -2.35. The minimum atomic E-state index is -3.18. The van der Waals surface area contributed by atoms with Gasteiger partial charge in [0.15, 0.2) is 19.7 Å². The monoisotopic (exact) mass is 974 g/mol. The predicted molar refractivity (Wildman–Crippen MR) is 312 cm³/mol. The summed E-state index contributed by atoms with van der Waals surface area (Å²) in [6.45, 7) is 0. The Morgan fingerprint density at radius 3 is 0.893 bits per heavy atom. The topological polar surface area (TPSA) is 61.4 Å². The van der Waals surface area contributed by atoms with Gasteiger partial charge in [-0.25, -0.2) is 19.9 Å². The summed E-state index contributed by atoms with van der Waals surface area (Å²) in [6.07, 6.45) is 0. The normalized spacial score (nSPS) is 11.7. The highest BCUT2D eigenvalue weighted by atomic mass is 28.3. The standard InChI is InChI=1S/C68H46N6Si/c1-5-23-47(24-6-1)59-45-65(73-61-39-17-13-35-55(61)56-36-14-18-40-62(56)73)71-67(69-59)49-27-21-33-53(43-49)75(51-29-9-3-10-30-51,52-31-11-4-12-32-52)54-34-22-28-50(44-54)68-70-60(48-25-7-2-8-26-48)46-66(72-68)74-63-41-19-15-37-57(63)58-38-16-20-42-64(58)74/h1-46H. The van der Waals surface area contributed by atoms with Gasteiger partial charge in [-0.2, -0.15) is 0 Å². The van der Waals surface area contributed by atoms with Crippen LogP contribution in [0.25, 0.3) is 101 Å². The molecular formula is C68H46N6Si. The van der Waals surface area contributed by atoms with Gasteiger partial charge in [0.05, 0.1) is 33.5 Å². The Kier molecular flexibility index (Phi) is 10.7. The van der Waals surface area contributed by atoms with Crippen molar-refractivity contribution < 1.29 is 0 Å². The van der Waals surface area contributed by atoms with Crippen LogP contribution in [0, 0.1) is 0 Å². The van der Waals surface area contributed by atoms with Crippen LogP contribution in [0.15, 0.2) is 279 Å². The summed E-state index contributed by atoms with van der Waals surface area (Å²) in [7, 11) is -3.18. The third-order valence-corrected chi connectivity index (χ3v) is 19.5. The highest BCUT2D eigenvalue weighted by molar-refractivity contribution is 7.20. The fourth-order valence-corrected chi connectivity index (χ4v) is 16.2. The molecule has 0 radical (unpaired) electrons. The van der Waals surface area contributed by atoms with E-state index in [2.05, 4.69) is 276 Å². The van der Waals surface area contributed by atoms with Crippen molar-refractivity contribution in [3.63, 3.8) is 0 Å². The quantitative estimate of drug-likeness (QED) is 0.101. The molecule has 0 aliphatic heterocycles. The highest BCUT2D eigenvalue weighted by Gasteiger charge is 2.42. The Morgan fingerprint density at radius 2 is 0.533 bits per heavy atom. The van der Waals surface area contributed by atoms with Crippen LogP contribution in [0.4, 0.5) is 0 Å². The van der Waals surface area contributed by atoms with E-state index in [-0.39, 0.29) is 0 Å². The van der Waals surface area contributed by atoms with Crippen LogP contribution < -0.4 is 20.7 Å². The summed E-state index contributed by atoms with van der Waals surface area (Å²) in [5.74, 6) is 2.91. The van der Waals surface area contributed by atoms with Gasteiger partial charge >= 0.3 is 0 Å². The molecule has 6 nitrogen and oxygen atoms in total. The van der Waals surface area contributed by atoms with Gasteiger partial charge < -0.3 is 0 Å². The first-order valence-electron chi connectivity index (χ1n) is 25.4. The Labute approximate surface area is 435 Å². The van der Waals surface area contributed by atoms with Crippen LogP contribution in [-0.4, -0.2) is 37.1 Å². The fourth-order valence-electron chi connectivity index (χ4n) is 11.4. The van der Waals surface area contributed by atoms with Crippen LogP contribution in [0.2, 0.25) is 0 Å². The second-order valence-corrected chi connectivity index (χ2v) is 22.8. The number of nitrogens with zero attached hydrogens (tertiary/aromatic N) is 6. The summed E-state index contributed by atoms with van der Waals surface area (Å²) in [4.78, 5) is 21.9. The lowest BCUT2D eigenvalue weighted by atomic mass is 10.1. The van der Waals surface area contributed by atoms with Crippen LogP contribution in [0.3, 0.4) is 0 Å². The molecular weight excluding hydrogens is 929 g/mol. The molecule has 0 aliphatic rings. The molecule has 0 N–H and O–H groups in total. The smallest absolute Gasteiger partial charge is 0.179 e. The minimum absolute atomic E-state index is 0.650. The largest absolute Gasteiger partial charge is 0.294 e. The average Bonchev–Trinajstić information content (AvgIpc) is 4.02. The summed E-state index contributed by atoms with van der Waals surface area (Å²) < 4.78 is 4.57. The molecule has 10 aromatic carbocycles. The zero-order chi connectivity index (χ0) is 49.7. The average molecular weight is 975 g/mol. The first-order chi connectivity index (χ1) is 37.2. The molecule has 0 amide bonds. The maximum Gasteiger partial charge on any atom is 0.179 e. The number of hydrogen-bond acceptors (Lipinski definition) is 4. The number of aromatic nitrogens is 6. The molecule has 7 heteroatoms. The van der Waals surface area contributed by atoms with E-state index < -0.39 is 8.07 Å². The molecule has 352 valence electrons. The molecule has 0 atom stereocenters. The van der Waals surface area contributed by atoms with Crippen LogP contribution >= 0.6 is 0 Å². The van der Waals surface area contributed by atoms with Gasteiger partial charge in [0, 0.05) is 55.9 Å². The third kappa shape index (κ3) is 7.48. The van der Waals surface area contributed by atoms with Crippen molar-refractivity contribution in [3.8, 4) is 56.9 Å². The minimum Gasteiger partial charge on any atom is -0.294 e. The second kappa shape index (κ2) is 18.3. The molecule has 0 bridgehead atoms. The van der Waals surface area contributed by atoms with Gasteiger partial charge in [0.2, 0.25) is 0 Å². The van der Waals surface area contributed by atoms with E-state index in [1.165, 1.54) is 42.3 Å². The van der Waals surface area contributed by atoms with Crippen LogP contribution in [0.1, 0.15) is 0 Å². The number of rotatable bonds is 10. The first kappa shape index (κ1) is 43.9. The lowest BCUT2D eigenvalue weighted by Crippen LogP contribution is -2.74. The fraction of sp³-hybridized carbons (Fsp3) is 0. The van der Waals surface area contributed by atoms with Crippen molar-refractivity contribution in [3.05, 3.63) is 279 Å². The maximum absolute atomic E-state index is 5.52. The number of hydrogen-bond donors (Lipinski definition) is 0. The van der Waals surface area contributed by atoms with E-state index in [1.54, 1.807) is 0 Å². The molecule has 14 rings (SSSR count). The summed E-state index contributed by atoms with van der Waals surface area (Å²) in [6, 6.07) is 99.6. The van der Waals surface area contributed by atoms with Crippen molar-refractivity contribution in [1.82, 2.24) is 29.1 Å². The molecule has 75 heavy (non-hydrogen) atoms. The molecule has 0 fully saturated rings. The van der Waals surface area contributed by atoms with E-state index in [4.69, 9.17) is 19.9 Å².